The highest BCUT2D eigenvalue weighted by molar-refractivity contribution is 9.11. The van der Waals surface area contributed by atoms with E-state index in [2.05, 4.69) is 49.0 Å². The van der Waals surface area contributed by atoms with Crippen molar-refractivity contribution in [3.05, 3.63) is 74.8 Å². The zero-order valence-corrected chi connectivity index (χ0v) is 13.7. The lowest BCUT2D eigenvalue weighted by atomic mass is 9.96. The standard InChI is InChI=1S/C16H12Br2N2/c17-10-6-7-14(18)13(9-10)16(19)12-3-1-5-15-11(12)4-2-8-20-15/h1-9,16H,19H2. The summed E-state index contributed by atoms with van der Waals surface area (Å²) in [6.45, 7) is 0. The summed E-state index contributed by atoms with van der Waals surface area (Å²) in [5.41, 5.74) is 9.57. The second-order valence-corrected chi connectivity index (χ2v) is 6.33. The van der Waals surface area contributed by atoms with Crippen LogP contribution in [0.15, 0.2) is 63.7 Å². The lowest BCUT2D eigenvalue weighted by Gasteiger charge is -2.17. The number of rotatable bonds is 2. The molecule has 20 heavy (non-hydrogen) atoms. The first kappa shape index (κ1) is 13.7. The zero-order valence-electron chi connectivity index (χ0n) is 10.6. The zero-order chi connectivity index (χ0) is 14.1. The number of nitrogens with zero attached hydrogens (tertiary/aromatic N) is 1. The van der Waals surface area contributed by atoms with Crippen LogP contribution in [0.1, 0.15) is 17.2 Å². The number of hydrogen-bond donors (Lipinski definition) is 1. The van der Waals surface area contributed by atoms with Crippen LogP contribution in [0.2, 0.25) is 0 Å². The first-order valence-electron chi connectivity index (χ1n) is 6.21. The van der Waals surface area contributed by atoms with Crippen molar-refractivity contribution < 1.29 is 0 Å². The molecule has 0 bridgehead atoms. The van der Waals surface area contributed by atoms with Crippen molar-refractivity contribution in [1.82, 2.24) is 4.98 Å². The normalized spacial score (nSPS) is 12.6. The number of pyridine rings is 1. The summed E-state index contributed by atoms with van der Waals surface area (Å²) < 4.78 is 2.03. The molecule has 100 valence electrons. The molecule has 1 heterocycles. The summed E-state index contributed by atoms with van der Waals surface area (Å²) in [7, 11) is 0. The molecule has 0 amide bonds. The fourth-order valence-electron chi connectivity index (χ4n) is 2.32. The smallest absolute Gasteiger partial charge is 0.0705 e. The molecule has 0 aliphatic heterocycles. The van der Waals surface area contributed by atoms with E-state index in [1.807, 2.05) is 36.4 Å². The van der Waals surface area contributed by atoms with Crippen LogP contribution in [-0.2, 0) is 0 Å². The summed E-state index contributed by atoms with van der Waals surface area (Å²) in [6.07, 6.45) is 1.80. The van der Waals surface area contributed by atoms with Gasteiger partial charge < -0.3 is 5.73 Å². The van der Waals surface area contributed by atoms with Gasteiger partial charge in [-0.1, -0.05) is 50.1 Å². The van der Waals surface area contributed by atoms with Gasteiger partial charge in [0.15, 0.2) is 0 Å². The average Bonchev–Trinajstić information content (AvgIpc) is 2.48. The van der Waals surface area contributed by atoms with Crippen molar-refractivity contribution >= 4 is 42.8 Å². The van der Waals surface area contributed by atoms with Gasteiger partial charge in [0, 0.05) is 20.5 Å². The maximum atomic E-state index is 6.47. The summed E-state index contributed by atoms with van der Waals surface area (Å²) in [5, 5.41) is 1.09. The molecule has 1 unspecified atom stereocenters. The molecule has 0 radical (unpaired) electrons. The molecular weight excluding hydrogens is 380 g/mol. The minimum Gasteiger partial charge on any atom is -0.320 e. The molecule has 1 atom stereocenters. The average molecular weight is 392 g/mol. The van der Waals surface area contributed by atoms with Crippen LogP contribution in [0.5, 0.6) is 0 Å². The van der Waals surface area contributed by atoms with Gasteiger partial charge >= 0.3 is 0 Å². The van der Waals surface area contributed by atoms with Crippen LogP contribution < -0.4 is 5.73 Å². The predicted molar refractivity (Wildman–Crippen MR) is 89.6 cm³/mol. The maximum absolute atomic E-state index is 6.47. The first-order valence-corrected chi connectivity index (χ1v) is 7.79. The van der Waals surface area contributed by atoms with E-state index in [-0.39, 0.29) is 6.04 Å². The minimum atomic E-state index is -0.199. The number of halogens is 2. The van der Waals surface area contributed by atoms with Gasteiger partial charge in [-0.15, -0.1) is 0 Å². The quantitative estimate of drug-likeness (QED) is 0.680. The summed E-state index contributed by atoms with van der Waals surface area (Å²) in [6, 6.07) is 15.9. The van der Waals surface area contributed by atoms with E-state index in [4.69, 9.17) is 5.73 Å². The molecule has 0 aliphatic rings. The highest BCUT2D eigenvalue weighted by atomic mass is 79.9. The topological polar surface area (TPSA) is 38.9 Å². The van der Waals surface area contributed by atoms with Crippen LogP contribution in [0.25, 0.3) is 10.9 Å². The maximum Gasteiger partial charge on any atom is 0.0705 e. The second-order valence-electron chi connectivity index (χ2n) is 4.56. The van der Waals surface area contributed by atoms with Crippen LogP contribution in [0.3, 0.4) is 0 Å². The third-order valence-corrected chi connectivity index (χ3v) is 4.52. The highest BCUT2D eigenvalue weighted by Crippen LogP contribution is 2.32. The van der Waals surface area contributed by atoms with Crippen LogP contribution in [0.4, 0.5) is 0 Å². The van der Waals surface area contributed by atoms with Crippen LogP contribution in [0, 0.1) is 0 Å². The second kappa shape index (κ2) is 5.64. The first-order chi connectivity index (χ1) is 9.66. The number of hydrogen-bond acceptors (Lipinski definition) is 2. The van der Waals surface area contributed by atoms with Crippen molar-refractivity contribution in [1.29, 1.82) is 0 Å². The van der Waals surface area contributed by atoms with Gasteiger partial charge in [-0.25, -0.2) is 0 Å². The Kier molecular flexibility index (Phi) is 3.87. The fourth-order valence-corrected chi connectivity index (χ4v) is 3.19. The van der Waals surface area contributed by atoms with E-state index in [0.29, 0.717) is 0 Å². The van der Waals surface area contributed by atoms with Crippen molar-refractivity contribution in [2.75, 3.05) is 0 Å². The van der Waals surface area contributed by atoms with Crippen LogP contribution >= 0.6 is 31.9 Å². The molecule has 3 rings (SSSR count). The molecule has 0 spiro atoms. The van der Waals surface area contributed by atoms with Gasteiger partial charge in [0.05, 0.1) is 11.6 Å². The molecule has 0 fully saturated rings. The molecule has 4 heteroatoms. The molecule has 2 aromatic carbocycles. The molecule has 0 saturated carbocycles. The lowest BCUT2D eigenvalue weighted by Crippen LogP contribution is -2.13. The number of aromatic nitrogens is 1. The highest BCUT2D eigenvalue weighted by Gasteiger charge is 2.15. The van der Waals surface area contributed by atoms with Crippen molar-refractivity contribution in [2.24, 2.45) is 5.73 Å². The van der Waals surface area contributed by atoms with E-state index in [1.165, 1.54) is 0 Å². The van der Waals surface area contributed by atoms with Crippen molar-refractivity contribution in [2.45, 2.75) is 6.04 Å². The Morgan fingerprint density at radius 1 is 0.950 bits per heavy atom. The monoisotopic (exact) mass is 390 g/mol. The molecule has 0 saturated heterocycles. The van der Waals surface area contributed by atoms with Gasteiger partial charge in [-0.05, 0) is 41.5 Å². The van der Waals surface area contributed by atoms with Crippen molar-refractivity contribution in [3.8, 4) is 0 Å². The van der Waals surface area contributed by atoms with Gasteiger partial charge in [-0.3, -0.25) is 4.98 Å². The number of nitrogens with two attached hydrogens (primary N) is 1. The summed E-state index contributed by atoms with van der Waals surface area (Å²) in [4.78, 5) is 4.38. The minimum absolute atomic E-state index is 0.199. The molecule has 0 aliphatic carbocycles. The van der Waals surface area contributed by atoms with E-state index < -0.39 is 0 Å². The summed E-state index contributed by atoms with van der Waals surface area (Å²) >= 11 is 7.07. The van der Waals surface area contributed by atoms with E-state index in [9.17, 15) is 0 Å². The Balaban J connectivity index is 2.17. The van der Waals surface area contributed by atoms with E-state index in [0.717, 1.165) is 31.0 Å². The Morgan fingerprint density at radius 2 is 1.80 bits per heavy atom. The third-order valence-electron chi connectivity index (χ3n) is 3.31. The summed E-state index contributed by atoms with van der Waals surface area (Å²) in [5.74, 6) is 0. The SMILES string of the molecule is NC(c1cc(Br)ccc1Br)c1cccc2ncccc12. The van der Waals surface area contributed by atoms with Gasteiger partial charge in [0.2, 0.25) is 0 Å². The molecular formula is C16H12Br2N2. The van der Waals surface area contributed by atoms with E-state index in [1.54, 1.807) is 6.20 Å². The number of fused-ring (bicyclic) bond motifs is 1. The van der Waals surface area contributed by atoms with Gasteiger partial charge in [0.25, 0.3) is 0 Å². The Hall–Kier alpha value is -1.23. The lowest BCUT2D eigenvalue weighted by molar-refractivity contribution is 0.873. The number of benzene rings is 2. The molecule has 2 nitrogen and oxygen atoms in total. The molecule has 1 aromatic heterocycles. The largest absolute Gasteiger partial charge is 0.320 e. The Morgan fingerprint density at radius 3 is 2.65 bits per heavy atom. The van der Waals surface area contributed by atoms with Crippen LogP contribution in [-0.4, -0.2) is 4.98 Å². The Labute approximate surface area is 134 Å². The van der Waals surface area contributed by atoms with Gasteiger partial charge in [-0.2, -0.15) is 0 Å². The Bertz CT molecular complexity index is 766. The van der Waals surface area contributed by atoms with Gasteiger partial charge in [0.1, 0.15) is 0 Å². The van der Waals surface area contributed by atoms with E-state index >= 15 is 0 Å². The fraction of sp³-hybridized carbons (Fsp3) is 0.0625. The predicted octanol–water partition coefficient (Wildman–Crippen LogP) is 4.81. The third kappa shape index (κ3) is 2.51. The molecule has 2 N–H and O–H groups in total. The van der Waals surface area contributed by atoms with Crippen molar-refractivity contribution in [3.63, 3.8) is 0 Å². The molecule has 3 aromatic rings.